The minimum atomic E-state index is -1.68. The lowest BCUT2D eigenvalue weighted by Crippen LogP contribution is -2.60. The highest BCUT2D eigenvalue weighted by molar-refractivity contribution is 8.00. The molecule has 0 unspecified atom stereocenters. The van der Waals surface area contributed by atoms with Gasteiger partial charge in [-0.15, -0.1) is 11.8 Å². The van der Waals surface area contributed by atoms with Crippen molar-refractivity contribution in [1.82, 2.24) is 20.9 Å². The molecule has 1 aliphatic heterocycles. The predicted molar refractivity (Wildman–Crippen MR) is 191 cm³/mol. The highest BCUT2D eigenvalue weighted by Gasteiger charge is 2.50. The molecule has 49 heavy (non-hydrogen) atoms. The molecule has 2 heterocycles. The molecule has 4 aromatic rings. The normalized spacial score (nSPS) is 17.4. The van der Waals surface area contributed by atoms with E-state index in [4.69, 9.17) is 4.42 Å². The Morgan fingerprint density at radius 3 is 2.35 bits per heavy atom. The van der Waals surface area contributed by atoms with Gasteiger partial charge in [0.15, 0.2) is 11.9 Å². The standard InChI is InChI=1S/C38H44N4O6S/c1-23(2)30(41-35(45)32-28-18-12-11-17-27(28)21-48-32)34(44)40-29(19-25-14-7-6-8-15-25)31(43)37(47)42-22-49-38(4,5)33(42)36(46)39-20-26-16-10-9-13-24(26)3/h6-18,21,23,29-31,33,43H,19-20,22H2,1-5H3,(H,39,46)(H,40,44)(H,41,45)/t29-,30-,31-,33+/m0/s1. The molecule has 0 aliphatic carbocycles. The van der Waals surface area contributed by atoms with Gasteiger partial charge < -0.3 is 30.4 Å². The molecule has 11 heteroatoms. The van der Waals surface area contributed by atoms with Gasteiger partial charge in [-0.2, -0.15) is 0 Å². The van der Waals surface area contributed by atoms with Crippen LogP contribution in [0.2, 0.25) is 0 Å². The number of nitrogens with zero attached hydrogens (tertiary/aromatic N) is 1. The summed E-state index contributed by atoms with van der Waals surface area (Å²) in [4.78, 5) is 56.3. The zero-order valence-corrected chi connectivity index (χ0v) is 29.3. The monoisotopic (exact) mass is 684 g/mol. The van der Waals surface area contributed by atoms with Crippen molar-refractivity contribution < 1.29 is 28.7 Å². The van der Waals surface area contributed by atoms with Gasteiger partial charge in [0, 0.05) is 22.1 Å². The summed E-state index contributed by atoms with van der Waals surface area (Å²) in [6, 6.07) is 21.3. The van der Waals surface area contributed by atoms with Gasteiger partial charge in [0.05, 0.1) is 18.2 Å². The predicted octanol–water partition coefficient (Wildman–Crippen LogP) is 4.58. The Hall–Kier alpha value is -4.61. The molecular formula is C38H44N4O6S. The van der Waals surface area contributed by atoms with Crippen molar-refractivity contribution in [2.24, 2.45) is 5.92 Å². The van der Waals surface area contributed by atoms with Crippen LogP contribution in [0.1, 0.15) is 54.9 Å². The summed E-state index contributed by atoms with van der Waals surface area (Å²) in [5.74, 6) is -2.16. The van der Waals surface area contributed by atoms with Crippen LogP contribution in [0, 0.1) is 12.8 Å². The zero-order valence-electron chi connectivity index (χ0n) is 28.4. The fourth-order valence-corrected chi connectivity index (χ4v) is 7.27. The molecule has 1 saturated heterocycles. The Balaban J connectivity index is 1.35. The van der Waals surface area contributed by atoms with E-state index < -0.39 is 46.7 Å². The minimum Gasteiger partial charge on any atom is -0.458 e. The Bertz CT molecular complexity index is 1810. The number of aryl methyl sites for hydroxylation is 1. The number of aliphatic hydroxyl groups is 1. The highest BCUT2D eigenvalue weighted by atomic mass is 32.2. The van der Waals surface area contributed by atoms with E-state index in [1.165, 1.54) is 22.9 Å². The average Bonchev–Trinajstić information content (AvgIpc) is 3.66. The Labute approximate surface area is 291 Å². The molecule has 0 radical (unpaired) electrons. The average molecular weight is 685 g/mol. The molecular weight excluding hydrogens is 641 g/mol. The van der Waals surface area contributed by atoms with E-state index in [0.717, 1.165) is 22.1 Å². The first-order chi connectivity index (χ1) is 23.4. The summed E-state index contributed by atoms with van der Waals surface area (Å²) < 4.78 is 4.92. The molecule has 3 aromatic carbocycles. The first-order valence-electron chi connectivity index (χ1n) is 16.4. The van der Waals surface area contributed by atoms with E-state index in [1.807, 2.05) is 87.5 Å². The number of thioether (sulfide) groups is 1. The Morgan fingerprint density at radius 2 is 1.63 bits per heavy atom. The van der Waals surface area contributed by atoms with Crippen LogP contribution in [0.25, 0.3) is 10.8 Å². The van der Waals surface area contributed by atoms with Crippen molar-refractivity contribution in [1.29, 1.82) is 0 Å². The molecule has 4 N–H and O–H groups in total. The van der Waals surface area contributed by atoms with E-state index in [1.54, 1.807) is 26.0 Å². The highest BCUT2D eigenvalue weighted by Crippen LogP contribution is 2.40. The van der Waals surface area contributed by atoms with Crippen LogP contribution in [0.15, 0.2) is 89.5 Å². The molecule has 0 spiro atoms. The van der Waals surface area contributed by atoms with Crippen molar-refractivity contribution in [2.75, 3.05) is 5.88 Å². The number of carbonyl (C=O) groups is 4. The number of fused-ring (bicyclic) bond motifs is 1. The van der Waals surface area contributed by atoms with Gasteiger partial charge in [0.1, 0.15) is 12.1 Å². The number of benzene rings is 3. The minimum absolute atomic E-state index is 0.0889. The number of aliphatic hydroxyl groups excluding tert-OH is 1. The van der Waals surface area contributed by atoms with Gasteiger partial charge >= 0.3 is 0 Å². The Kier molecular flexibility index (Phi) is 11.1. The molecule has 1 aliphatic rings. The summed E-state index contributed by atoms with van der Waals surface area (Å²) in [6.45, 7) is 9.66. The van der Waals surface area contributed by atoms with E-state index in [0.29, 0.717) is 11.9 Å². The fraction of sp³-hybridized carbons (Fsp3) is 0.368. The first-order valence-corrected chi connectivity index (χ1v) is 17.4. The number of furan rings is 1. The smallest absolute Gasteiger partial charge is 0.288 e. The van der Waals surface area contributed by atoms with E-state index in [2.05, 4.69) is 16.0 Å². The third kappa shape index (κ3) is 8.17. The van der Waals surface area contributed by atoms with Crippen LogP contribution in [0.5, 0.6) is 0 Å². The fourth-order valence-electron chi connectivity index (χ4n) is 6.13. The molecule has 0 bridgehead atoms. The van der Waals surface area contributed by atoms with Crippen molar-refractivity contribution in [3.8, 4) is 0 Å². The van der Waals surface area contributed by atoms with Crippen molar-refractivity contribution in [2.45, 2.75) is 76.6 Å². The maximum Gasteiger partial charge on any atom is 0.288 e. The lowest BCUT2D eigenvalue weighted by molar-refractivity contribution is -0.148. The van der Waals surface area contributed by atoms with E-state index >= 15 is 0 Å². The van der Waals surface area contributed by atoms with Crippen LogP contribution >= 0.6 is 11.8 Å². The second-order valence-electron chi connectivity index (χ2n) is 13.3. The number of carbonyl (C=O) groups excluding carboxylic acids is 4. The van der Waals surface area contributed by atoms with Gasteiger partial charge in [0.25, 0.3) is 11.8 Å². The van der Waals surface area contributed by atoms with E-state index in [-0.39, 0.29) is 29.9 Å². The quantitative estimate of drug-likeness (QED) is 0.171. The molecule has 1 fully saturated rings. The lowest BCUT2D eigenvalue weighted by atomic mass is 9.96. The topological polar surface area (TPSA) is 141 Å². The summed E-state index contributed by atoms with van der Waals surface area (Å²) in [5.41, 5.74) is 2.80. The summed E-state index contributed by atoms with van der Waals surface area (Å²) >= 11 is 1.45. The SMILES string of the molecule is Cc1ccccc1CNC(=O)[C@H]1N(C(=O)[C@@H](O)[C@H](Cc2ccccc2)NC(=O)[C@@H](NC(=O)c2occ3ccccc23)C(C)C)CSC1(C)C. The second kappa shape index (κ2) is 15.3. The van der Waals surface area contributed by atoms with Crippen molar-refractivity contribution in [3.63, 3.8) is 0 Å². The second-order valence-corrected chi connectivity index (χ2v) is 14.9. The molecule has 5 rings (SSSR count). The maximum absolute atomic E-state index is 14.1. The number of amides is 4. The summed E-state index contributed by atoms with van der Waals surface area (Å²) in [7, 11) is 0. The molecule has 4 atom stereocenters. The maximum atomic E-state index is 14.1. The summed E-state index contributed by atoms with van der Waals surface area (Å²) in [6.07, 6.45) is -0.0566. The van der Waals surface area contributed by atoms with Gasteiger partial charge in [-0.3, -0.25) is 19.2 Å². The number of hydrogen-bond acceptors (Lipinski definition) is 7. The third-order valence-electron chi connectivity index (χ3n) is 9.00. The van der Waals surface area contributed by atoms with Crippen molar-refractivity contribution >= 4 is 46.2 Å². The largest absolute Gasteiger partial charge is 0.458 e. The van der Waals surface area contributed by atoms with E-state index in [9.17, 15) is 24.3 Å². The Morgan fingerprint density at radius 1 is 0.959 bits per heavy atom. The number of hydrogen-bond donors (Lipinski definition) is 4. The summed E-state index contributed by atoms with van der Waals surface area (Å²) in [5, 5.41) is 21.7. The third-order valence-corrected chi connectivity index (χ3v) is 10.4. The van der Waals surface area contributed by atoms with Crippen LogP contribution < -0.4 is 16.0 Å². The molecule has 258 valence electrons. The van der Waals surface area contributed by atoms with Gasteiger partial charge in [-0.05, 0) is 49.8 Å². The number of nitrogens with one attached hydrogen (secondary N) is 3. The molecule has 4 amide bonds. The first kappa shape index (κ1) is 35.7. The van der Waals surface area contributed by atoms with Crippen LogP contribution in [-0.2, 0) is 27.3 Å². The van der Waals surface area contributed by atoms with Crippen LogP contribution in [-0.4, -0.2) is 68.5 Å². The molecule has 10 nitrogen and oxygen atoms in total. The lowest BCUT2D eigenvalue weighted by Gasteiger charge is -2.34. The number of rotatable bonds is 12. The van der Waals surface area contributed by atoms with Crippen LogP contribution in [0.4, 0.5) is 0 Å². The zero-order chi connectivity index (χ0) is 35.3. The van der Waals surface area contributed by atoms with Crippen molar-refractivity contribution in [3.05, 3.63) is 108 Å². The van der Waals surface area contributed by atoms with Gasteiger partial charge in [-0.1, -0.05) is 92.7 Å². The molecule has 1 aromatic heterocycles. The molecule has 0 saturated carbocycles. The van der Waals surface area contributed by atoms with Gasteiger partial charge in [-0.25, -0.2) is 0 Å². The van der Waals surface area contributed by atoms with Gasteiger partial charge in [0.2, 0.25) is 11.8 Å². The van der Waals surface area contributed by atoms with Crippen LogP contribution in [0.3, 0.4) is 0 Å².